The number of carbonyl (C=O) groups excluding carboxylic acids is 2. The molecule has 0 saturated carbocycles. The van der Waals surface area contributed by atoms with Crippen molar-refractivity contribution in [3.05, 3.63) is 58.4 Å². The maximum atomic E-state index is 13.1. The quantitative estimate of drug-likeness (QED) is 0.481. The van der Waals surface area contributed by atoms with E-state index in [1.165, 1.54) is 0 Å². The second-order valence-electron chi connectivity index (χ2n) is 9.47. The molecule has 0 unspecified atom stereocenters. The molecule has 196 valence electrons. The summed E-state index contributed by atoms with van der Waals surface area (Å²) in [7, 11) is 0. The number of hydrogen-bond donors (Lipinski definition) is 2. The van der Waals surface area contributed by atoms with Crippen molar-refractivity contribution in [2.45, 2.75) is 51.8 Å². The zero-order chi connectivity index (χ0) is 27.1. The van der Waals surface area contributed by atoms with E-state index < -0.39 is 17.7 Å². The maximum absolute atomic E-state index is 13.1. The molecule has 1 saturated heterocycles. The standard InChI is InChI=1S/C24H25N3O3.C2HF3O2/c1-14-10-18-21(28)13-24(30-22(18)11-15(14)2)6-8-27(9-7-24)23(29)17-4-5-19-20(12-17)26-16(3)25-19;3-2(4,5)1(6)7/h4-5,10-12H,6-9,13H2,1-3H3,(H,25,26);(H,6,7). The van der Waals surface area contributed by atoms with Crippen molar-refractivity contribution < 1.29 is 37.4 Å². The predicted octanol–water partition coefficient (Wildman–Crippen LogP) is 4.76. The van der Waals surface area contributed by atoms with E-state index >= 15 is 0 Å². The summed E-state index contributed by atoms with van der Waals surface area (Å²) in [5.74, 6) is -1.09. The molecular weight excluding hydrogens is 491 g/mol. The van der Waals surface area contributed by atoms with Crippen molar-refractivity contribution in [1.29, 1.82) is 0 Å². The number of aromatic nitrogens is 2. The fraction of sp³-hybridized carbons (Fsp3) is 0.385. The number of carboxylic acid groups (broad SMARTS) is 1. The average Bonchev–Trinajstić information content (AvgIpc) is 3.19. The van der Waals surface area contributed by atoms with E-state index in [1.807, 2.05) is 56.0 Å². The first-order valence-electron chi connectivity index (χ1n) is 11.7. The normalized spacial score (nSPS) is 16.6. The minimum Gasteiger partial charge on any atom is -0.486 e. The van der Waals surface area contributed by atoms with Gasteiger partial charge in [-0.2, -0.15) is 13.2 Å². The Kier molecular flexibility index (Phi) is 6.74. The Bertz CT molecular complexity index is 1390. The minimum absolute atomic E-state index is 0.00742. The third kappa shape index (κ3) is 5.45. The van der Waals surface area contributed by atoms with Gasteiger partial charge < -0.3 is 19.7 Å². The number of ether oxygens (including phenoxy) is 1. The van der Waals surface area contributed by atoms with Crippen LogP contribution in [0, 0.1) is 20.8 Å². The van der Waals surface area contributed by atoms with Crippen molar-refractivity contribution in [2.24, 2.45) is 0 Å². The lowest BCUT2D eigenvalue weighted by Gasteiger charge is -2.44. The highest BCUT2D eigenvalue weighted by atomic mass is 19.4. The first-order valence-corrected chi connectivity index (χ1v) is 11.7. The van der Waals surface area contributed by atoms with E-state index in [1.54, 1.807) is 0 Å². The highest BCUT2D eigenvalue weighted by Gasteiger charge is 2.44. The molecule has 3 heterocycles. The number of aryl methyl sites for hydroxylation is 3. The van der Waals surface area contributed by atoms with Crippen LogP contribution in [-0.2, 0) is 4.79 Å². The maximum Gasteiger partial charge on any atom is 0.490 e. The number of piperidine rings is 1. The topological polar surface area (TPSA) is 113 Å². The molecule has 1 spiro atoms. The third-order valence-corrected chi connectivity index (χ3v) is 6.76. The first-order chi connectivity index (χ1) is 17.3. The number of ketones is 1. The van der Waals surface area contributed by atoms with E-state index in [2.05, 4.69) is 9.97 Å². The molecule has 3 aromatic rings. The number of likely N-dealkylation sites (tertiary alicyclic amines) is 1. The van der Waals surface area contributed by atoms with Gasteiger partial charge in [-0.25, -0.2) is 9.78 Å². The van der Waals surface area contributed by atoms with Crippen LogP contribution in [-0.4, -0.2) is 62.5 Å². The van der Waals surface area contributed by atoms with Gasteiger partial charge in [0.1, 0.15) is 17.2 Å². The lowest BCUT2D eigenvalue weighted by atomic mass is 9.81. The molecule has 2 aliphatic rings. The van der Waals surface area contributed by atoms with Gasteiger partial charge in [0.05, 0.1) is 23.0 Å². The highest BCUT2D eigenvalue weighted by Crippen LogP contribution is 2.40. The summed E-state index contributed by atoms with van der Waals surface area (Å²) in [5.41, 5.74) is 4.79. The molecule has 1 fully saturated rings. The van der Waals surface area contributed by atoms with Crippen LogP contribution in [0.4, 0.5) is 13.2 Å². The molecule has 5 rings (SSSR count). The molecule has 0 radical (unpaired) electrons. The number of halogens is 3. The first kappa shape index (κ1) is 26.2. The van der Waals surface area contributed by atoms with Crippen LogP contribution in [0.25, 0.3) is 11.0 Å². The van der Waals surface area contributed by atoms with Gasteiger partial charge in [0.2, 0.25) is 0 Å². The number of benzene rings is 2. The van der Waals surface area contributed by atoms with Crippen LogP contribution in [0.15, 0.2) is 30.3 Å². The van der Waals surface area contributed by atoms with Crippen LogP contribution in [0.5, 0.6) is 5.75 Å². The van der Waals surface area contributed by atoms with Crippen molar-refractivity contribution in [3.63, 3.8) is 0 Å². The second kappa shape index (κ2) is 9.53. The number of nitrogens with zero attached hydrogens (tertiary/aromatic N) is 2. The van der Waals surface area contributed by atoms with Crippen molar-refractivity contribution in [2.75, 3.05) is 13.1 Å². The monoisotopic (exact) mass is 517 g/mol. The van der Waals surface area contributed by atoms with Gasteiger partial charge in [0.15, 0.2) is 5.78 Å². The number of fused-ring (bicyclic) bond motifs is 2. The SMILES string of the molecule is Cc1nc2ccc(C(=O)N3CCC4(CC3)CC(=O)c3cc(C)c(C)cc3O4)cc2[nH]1.O=C(O)C(F)(F)F. The Hall–Kier alpha value is -3.89. The Morgan fingerprint density at radius 1 is 1.08 bits per heavy atom. The van der Waals surface area contributed by atoms with Crippen molar-refractivity contribution in [1.82, 2.24) is 14.9 Å². The number of alkyl halides is 3. The molecule has 1 amide bonds. The minimum atomic E-state index is -5.08. The molecule has 0 bridgehead atoms. The number of carbonyl (C=O) groups is 3. The van der Waals surface area contributed by atoms with Gasteiger partial charge in [0.25, 0.3) is 5.91 Å². The molecular formula is C26H26F3N3O5. The van der Waals surface area contributed by atoms with E-state index in [-0.39, 0.29) is 11.7 Å². The second-order valence-corrected chi connectivity index (χ2v) is 9.47. The molecule has 0 atom stereocenters. The van der Waals surface area contributed by atoms with Crippen molar-refractivity contribution in [3.8, 4) is 5.75 Å². The van der Waals surface area contributed by atoms with E-state index in [4.69, 9.17) is 14.6 Å². The van der Waals surface area contributed by atoms with Gasteiger partial charge in [-0.1, -0.05) is 0 Å². The summed E-state index contributed by atoms with van der Waals surface area (Å²) in [6.07, 6.45) is -3.39. The van der Waals surface area contributed by atoms with Gasteiger partial charge in [-0.3, -0.25) is 9.59 Å². The largest absolute Gasteiger partial charge is 0.490 e. The smallest absolute Gasteiger partial charge is 0.486 e. The average molecular weight is 518 g/mol. The number of H-pyrrole nitrogens is 1. The summed E-state index contributed by atoms with van der Waals surface area (Å²) in [5, 5.41) is 7.12. The molecule has 1 aromatic heterocycles. The fourth-order valence-corrected chi connectivity index (χ4v) is 4.60. The predicted molar refractivity (Wildman–Crippen MR) is 128 cm³/mol. The Morgan fingerprint density at radius 3 is 2.32 bits per heavy atom. The molecule has 2 aliphatic heterocycles. The van der Waals surface area contributed by atoms with Crippen LogP contribution in [0.2, 0.25) is 0 Å². The Balaban J connectivity index is 0.000000405. The number of Topliss-reactive ketones (excluding diaryl/α,β-unsaturated/α-hetero) is 1. The lowest BCUT2D eigenvalue weighted by molar-refractivity contribution is -0.192. The summed E-state index contributed by atoms with van der Waals surface area (Å²) < 4.78 is 38.1. The number of aromatic amines is 1. The summed E-state index contributed by atoms with van der Waals surface area (Å²) in [6.45, 7) is 7.10. The number of nitrogens with one attached hydrogen (secondary N) is 1. The van der Waals surface area contributed by atoms with Crippen LogP contribution in [0.3, 0.4) is 0 Å². The number of rotatable bonds is 1. The van der Waals surface area contributed by atoms with Crippen LogP contribution >= 0.6 is 0 Å². The molecule has 37 heavy (non-hydrogen) atoms. The molecule has 0 aliphatic carbocycles. The van der Waals surface area contributed by atoms with E-state index in [9.17, 15) is 22.8 Å². The lowest BCUT2D eigenvalue weighted by Crippen LogP contribution is -2.52. The number of amides is 1. The number of imidazole rings is 1. The molecule has 2 aromatic carbocycles. The van der Waals surface area contributed by atoms with Gasteiger partial charge in [-0.15, -0.1) is 0 Å². The van der Waals surface area contributed by atoms with E-state index in [0.29, 0.717) is 49.2 Å². The highest BCUT2D eigenvalue weighted by molar-refractivity contribution is 6.01. The summed E-state index contributed by atoms with van der Waals surface area (Å²) in [6, 6.07) is 9.48. The summed E-state index contributed by atoms with van der Waals surface area (Å²) in [4.78, 5) is 44.2. The zero-order valence-corrected chi connectivity index (χ0v) is 20.5. The van der Waals surface area contributed by atoms with Gasteiger partial charge in [0, 0.05) is 31.5 Å². The number of aliphatic carboxylic acids is 1. The molecule has 8 nitrogen and oxygen atoms in total. The van der Waals surface area contributed by atoms with Gasteiger partial charge >= 0.3 is 12.1 Å². The summed E-state index contributed by atoms with van der Waals surface area (Å²) >= 11 is 0. The Labute approximate surface area is 210 Å². The fourth-order valence-electron chi connectivity index (χ4n) is 4.60. The number of carboxylic acids is 1. The molecule has 11 heteroatoms. The van der Waals surface area contributed by atoms with Gasteiger partial charge in [-0.05, 0) is 62.2 Å². The van der Waals surface area contributed by atoms with Crippen molar-refractivity contribution >= 4 is 28.7 Å². The van der Waals surface area contributed by atoms with Crippen LogP contribution in [0.1, 0.15) is 56.9 Å². The van der Waals surface area contributed by atoms with Crippen LogP contribution < -0.4 is 4.74 Å². The third-order valence-electron chi connectivity index (χ3n) is 6.76. The Morgan fingerprint density at radius 2 is 1.70 bits per heavy atom. The number of hydrogen-bond acceptors (Lipinski definition) is 5. The molecule has 2 N–H and O–H groups in total. The van der Waals surface area contributed by atoms with E-state index in [0.717, 1.165) is 28.0 Å². The zero-order valence-electron chi connectivity index (χ0n) is 20.5.